The number of halogens is 2. The average Bonchev–Trinajstić information content (AvgIpc) is 2.48. The summed E-state index contributed by atoms with van der Waals surface area (Å²) in [5.41, 5.74) is 0.413. The van der Waals surface area contributed by atoms with Crippen molar-refractivity contribution in [3.8, 4) is 0 Å². The normalized spacial score (nSPS) is 19.7. The van der Waals surface area contributed by atoms with Crippen LogP contribution in [0.4, 0.5) is 5.69 Å². The van der Waals surface area contributed by atoms with Crippen LogP contribution in [0.2, 0.25) is 10.0 Å². The van der Waals surface area contributed by atoms with Crippen LogP contribution >= 0.6 is 23.2 Å². The van der Waals surface area contributed by atoms with E-state index in [1.165, 1.54) is 0 Å². The first-order valence-corrected chi connectivity index (χ1v) is 7.72. The summed E-state index contributed by atoms with van der Waals surface area (Å²) in [7, 11) is 0. The second kappa shape index (κ2) is 5.87. The standard InChI is InChI=1S/C17H13Cl2NO3/c1-17(16(22)20-13-5-2-11(18)3-6-13)9-10-8-12(19)4-7-14(10)15(21)23-17/h2-8H,9H2,1H3,(H,20,22). The summed E-state index contributed by atoms with van der Waals surface area (Å²) in [4.78, 5) is 24.7. The van der Waals surface area contributed by atoms with Crippen LogP contribution in [0.15, 0.2) is 42.5 Å². The van der Waals surface area contributed by atoms with E-state index in [1.807, 2.05) is 0 Å². The molecule has 3 rings (SSSR count). The van der Waals surface area contributed by atoms with Gasteiger partial charge in [0.25, 0.3) is 5.91 Å². The van der Waals surface area contributed by atoms with Gasteiger partial charge in [-0.1, -0.05) is 23.2 Å². The lowest BCUT2D eigenvalue weighted by Crippen LogP contribution is -2.48. The number of anilines is 1. The molecule has 1 atom stereocenters. The number of rotatable bonds is 2. The Balaban J connectivity index is 1.85. The summed E-state index contributed by atoms with van der Waals surface area (Å²) < 4.78 is 5.38. The quantitative estimate of drug-likeness (QED) is 0.830. The van der Waals surface area contributed by atoms with Crippen molar-refractivity contribution in [3.05, 3.63) is 63.6 Å². The second-order valence-corrected chi connectivity index (χ2v) is 6.43. The number of amides is 1. The van der Waals surface area contributed by atoms with Crippen LogP contribution in [-0.2, 0) is 16.0 Å². The fourth-order valence-electron chi connectivity index (χ4n) is 2.49. The minimum Gasteiger partial charge on any atom is -0.445 e. The second-order valence-electron chi connectivity index (χ2n) is 5.56. The number of esters is 1. The Morgan fingerprint density at radius 3 is 2.48 bits per heavy atom. The van der Waals surface area contributed by atoms with Gasteiger partial charge in [0, 0.05) is 22.2 Å². The van der Waals surface area contributed by atoms with E-state index in [9.17, 15) is 9.59 Å². The molecule has 1 amide bonds. The van der Waals surface area contributed by atoms with E-state index >= 15 is 0 Å². The van der Waals surface area contributed by atoms with Crippen molar-refractivity contribution in [3.63, 3.8) is 0 Å². The molecule has 118 valence electrons. The Hall–Kier alpha value is -2.04. The zero-order valence-corrected chi connectivity index (χ0v) is 13.7. The summed E-state index contributed by atoms with van der Waals surface area (Å²) in [5, 5.41) is 3.82. The summed E-state index contributed by atoms with van der Waals surface area (Å²) in [6.07, 6.45) is 0.258. The van der Waals surface area contributed by atoms with Crippen LogP contribution in [0.25, 0.3) is 0 Å². The summed E-state index contributed by atoms with van der Waals surface area (Å²) in [6, 6.07) is 11.6. The van der Waals surface area contributed by atoms with Gasteiger partial charge in [0.05, 0.1) is 5.56 Å². The zero-order chi connectivity index (χ0) is 16.6. The molecule has 1 aliphatic heterocycles. The number of cyclic esters (lactones) is 1. The number of hydrogen-bond acceptors (Lipinski definition) is 3. The van der Waals surface area contributed by atoms with Crippen LogP contribution in [0.5, 0.6) is 0 Å². The predicted molar refractivity (Wildman–Crippen MR) is 89.1 cm³/mol. The van der Waals surface area contributed by atoms with Crippen molar-refractivity contribution in [2.45, 2.75) is 18.9 Å². The molecule has 0 fully saturated rings. The van der Waals surface area contributed by atoms with E-state index in [-0.39, 0.29) is 6.42 Å². The molecule has 0 spiro atoms. The molecule has 4 nitrogen and oxygen atoms in total. The lowest BCUT2D eigenvalue weighted by atomic mass is 9.89. The van der Waals surface area contributed by atoms with E-state index in [2.05, 4.69) is 5.32 Å². The molecule has 1 N–H and O–H groups in total. The highest BCUT2D eigenvalue weighted by Crippen LogP contribution is 2.31. The molecule has 6 heteroatoms. The molecule has 23 heavy (non-hydrogen) atoms. The first kappa shape index (κ1) is 15.8. The molecular weight excluding hydrogens is 337 g/mol. The third-order valence-corrected chi connectivity index (χ3v) is 4.20. The minimum absolute atomic E-state index is 0.258. The lowest BCUT2D eigenvalue weighted by Gasteiger charge is -2.33. The molecule has 2 aromatic carbocycles. The maximum absolute atomic E-state index is 12.6. The van der Waals surface area contributed by atoms with Crippen molar-refractivity contribution >= 4 is 40.8 Å². The SMILES string of the molecule is CC1(C(=O)Nc2ccc(Cl)cc2)Cc2cc(Cl)ccc2C(=O)O1. The molecular formula is C17H13Cl2NO3. The summed E-state index contributed by atoms with van der Waals surface area (Å²) in [6.45, 7) is 1.58. The molecule has 0 aromatic heterocycles. The van der Waals surface area contributed by atoms with Gasteiger partial charge in [0.2, 0.25) is 0 Å². The maximum Gasteiger partial charge on any atom is 0.339 e. The van der Waals surface area contributed by atoms with Gasteiger partial charge in [-0.15, -0.1) is 0 Å². The molecule has 1 unspecified atom stereocenters. The average molecular weight is 350 g/mol. The minimum atomic E-state index is -1.30. The molecule has 0 bridgehead atoms. The van der Waals surface area contributed by atoms with Crippen LogP contribution in [-0.4, -0.2) is 17.5 Å². The first-order valence-electron chi connectivity index (χ1n) is 6.96. The van der Waals surface area contributed by atoms with Crippen molar-refractivity contribution < 1.29 is 14.3 Å². The first-order chi connectivity index (χ1) is 10.9. The van der Waals surface area contributed by atoms with Crippen LogP contribution in [0, 0.1) is 0 Å². The van der Waals surface area contributed by atoms with Gasteiger partial charge in [-0.2, -0.15) is 0 Å². The highest BCUT2D eigenvalue weighted by molar-refractivity contribution is 6.31. The van der Waals surface area contributed by atoms with Crippen LogP contribution in [0.1, 0.15) is 22.8 Å². The Labute approximate surface area is 143 Å². The lowest BCUT2D eigenvalue weighted by molar-refractivity contribution is -0.134. The third kappa shape index (κ3) is 3.19. The number of benzene rings is 2. The van der Waals surface area contributed by atoms with Gasteiger partial charge in [-0.25, -0.2) is 4.79 Å². The predicted octanol–water partition coefficient (Wildman–Crippen LogP) is 4.10. The van der Waals surface area contributed by atoms with Gasteiger partial charge >= 0.3 is 5.97 Å². The number of carbonyl (C=O) groups is 2. The number of carbonyl (C=O) groups excluding carboxylic acids is 2. The van der Waals surface area contributed by atoms with Gasteiger partial charge in [-0.3, -0.25) is 4.79 Å². The van der Waals surface area contributed by atoms with E-state index in [0.717, 1.165) is 0 Å². The maximum atomic E-state index is 12.6. The highest BCUT2D eigenvalue weighted by atomic mass is 35.5. The summed E-state index contributed by atoms with van der Waals surface area (Å²) in [5.74, 6) is -0.935. The van der Waals surface area contributed by atoms with Crippen LogP contribution in [0.3, 0.4) is 0 Å². The Kier molecular flexibility index (Phi) is 4.04. The molecule has 0 saturated heterocycles. The Morgan fingerprint density at radius 2 is 1.78 bits per heavy atom. The number of nitrogens with one attached hydrogen (secondary N) is 1. The van der Waals surface area contributed by atoms with E-state index in [0.29, 0.717) is 26.9 Å². The molecule has 1 aliphatic rings. The zero-order valence-electron chi connectivity index (χ0n) is 12.2. The fraction of sp³-hybridized carbons (Fsp3) is 0.176. The number of fused-ring (bicyclic) bond motifs is 1. The van der Waals surface area contributed by atoms with E-state index in [1.54, 1.807) is 49.4 Å². The van der Waals surface area contributed by atoms with Gasteiger partial charge in [0.1, 0.15) is 0 Å². The van der Waals surface area contributed by atoms with E-state index in [4.69, 9.17) is 27.9 Å². The monoisotopic (exact) mass is 349 g/mol. The van der Waals surface area contributed by atoms with Crippen molar-refractivity contribution in [1.29, 1.82) is 0 Å². The van der Waals surface area contributed by atoms with Crippen LogP contribution < -0.4 is 5.32 Å². The number of ether oxygens (including phenoxy) is 1. The van der Waals surface area contributed by atoms with Crippen molar-refractivity contribution in [1.82, 2.24) is 0 Å². The largest absolute Gasteiger partial charge is 0.445 e. The van der Waals surface area contributed by atoms with Gasteiger partial charge in [0.15, 0.2) is 5.60 Å². The van der Waals surface area contributed by atoms with Gasteiger partial charge < -0.3 is 10.1 Å². The fourth-order valence-corrected chi connectivity index (χ4v) is 2.81. The Morgan fingerprint density at radius 1 is 1.13 bits per heavy atom. The molecule has 0 saturated carbocycles. The third-order valence-electron chi connectivity index (χ3n) is 3.72. The van der Waals surface area contributed by atoms with Gasteiger partial charge in [-0.05, 0) is 55.0 Å². The molecule has 2 aromatic rings. The molecule has 1 heterocycles. The molecule has 0 aliphatic carbocycles. The molecule has 0 radical (unpaired) electrons. The van der Waals surface area contributed by atoms with Crippen molar-refractivity contribution in [2.75, 3.05) is 5.32 Å². The smallest absolute Gasteiger partial charge is 0.339 e. The van der Waals surface area contributed by atoms with E-state index < -0.39 is 17.5 Å². The number of hydrogen-bond donors (Lipinski definition) is 1. The summed E-state index contributed by atoms with van der Waals surface area (Å²) >= 11 is 11.8. The Bertz CT molecular complexity index is 789. The highest BCUT2D eigenvalue weighted by Gasteiger charge is 2.42. The topological polar surface area (TPSA) is 55.4 Å². The van der Waals surface area contributed by atoms with Crippen molar-refractivity contribution in [2.24, 2.45) is 0 Å².